The first-order valence-corrected chi connectivity index (χ1v) is 6.99. The highest BCUT2D eigenvalue weighted by atomic mass is 16.4. The Labute approximate surface area is 126 Å². The Balaban J connectivity index is 1.71. The Bertz CT molecular complexity index is 980. The third-order valence-electron chi connectivity index (χ3n) is 3.56. The van der Waals surface area contributed by atoms with Gasteiger partial charge in [-0.3, -0.25) is 4.57 Å². The molecule has 108 valence electrons. The van der Waals surface area contributed by atoms with Gasteiger partial charge in [-0.15, -0.1) is 0 Å². The van der Waals surface area contributed by atoms with E-state index in [0.717, 1.165) is 16.9 Å². The minimum atomic E-state index is -0.365. The first-order chi connectivity index (χ1) is 10.8. The van der Waals surface area contributed by atoms with Crippen LogP contribution in [0.25, 0.3) is 16.8 Å². The van der Waals surface area contributed by atoms with Crippen molar-refractivity contribution in [2.24, 2.45) is 0 Å². The molecule has 0 radical (unpaired) electrons. The first kappa shape index (κ1) is 12.6. The van der Waals surface area contributed by atoms with Crippen LogP contribution in [0.1, 0.15) is 5.69 Å². The Morgan fingerprint density at radius 2 is 1.73 bits per heavy atom. The molecule has 0 saturated heterocycles. The molecule has 2 aromatic heterocycles. The number of rotatable bonds is 3. The van der Waals surface area contributed by atoms with Crippen molar-refractivity contribution >= 4 is 11.1 Å². The summed E-state index contributed by atoms with van der Waals surface area (Å²) >= 11 is 0. The third kappa shape index (κ3) is 2.13. The van der Waals surface area contributed by atoms with Crippen LogP contribution in [0.15, 0.2) is 76.1 Å². The quantitative estimate of drug-likeness (QED) is 0.583. The van der Waals surface area contributed by atoms with Crippen molar-refractivity contribution < 1.29 is 4.42 Å². The fraction of sp³-hybridized carbons (Fsp3) is 0.0588. The highest BCUT2D eigenvalue weighted by molar-refractivity contribution is 5.72. The van der Waals surface area contributed by atoms with Gasteiger partial charge >= 0.3 is 5.76 Å². The summed E-state index contributed by atoms with van der Waals surface area (Å²) in [5.74, 6) is -0.365. The lowest BCUT2D eigenvalue weighted by molar-refractivity contribution is 0.515. The lowest BCUT2D eigenvalue weighted by atomic mass is 10.3. The lowest BCUT2D eigenvalue weighted by Gasteiger charge is -2.01. The molecule has 0 atom stereocenters. The molecule has 0 saturated carbocycles. The predicted molar refractivity (Wildman–Crippen MR) is 83.1 cm³/mol. The van der Waals surface area contributed by atoms with E-state index < -0.39 is 0 Å². The molecule has 0 spiro atoms. The normalized spacial score (nSPS) is 11.1. The highest BCUT2D eigenvalue weighted by Crippen LogP contribution is 2.14. The molecule has 5 nitrogen and oxygen atoms in total. The maximum absolute atomic E-state index is 12.0. The Morgan fingerprint density at radius 1 is 0.955 bits per heavy atom. The van der Waals surface area contributed by atoms with Gasteiger partial charge < -0.3 is 4.42 Å². The minimum Gasteiger partial charge on any atom is -0.408 e. The van der Waals surface area contributed by atoms with E-state index >= 15 is 0 Å². The fourth-order valence-electron chi connectivity index (χ4n) is 2.50. The second kappa shape index (κ2) is 5.04. The summed E-state index contributed by atoms with van der Waals surface area (Å²) in [6.45, 7) is 0.385. The summed E-state index contributed by atoms with van der Waals surface area (Å²) in [5, 5.41) is 4.52. The summed E-state index contributed by atoms with van der Waals surface area (Å²) in [7, 11) is 0. The molecule has 0 aliphatic carbocycles. The summed E-state index contributed by atoms with van der Waals surface area (Å²) in [6.07, 6.45) is 1.89. The molecule has 0 bridgehead atoms. The summed E-state index contributed by atoms with van der Waals surface area (Å²) < 4.78 is 8.62. The van der Waals surface area contributed by atoms with Gasteiger partial charge in [0.25, 0.3) is 0 Å². The van der Waals surface area contributed by atoms with Crippen molar-refractivity contribution in [3.05, 3.63) is 83.1 Å². The SMILES string of the molecule is O=c1oc2ccccc2n1Cc1ccn(-c2ccccc2)n1. The molecule has 2 heterocycles. The largest absolute Gasteiger partial charge is 0.420 e. The van der Waals surface area contributed by atoms with Gasteiger partial charge in [-0.25, -0.2) is 9.48 Å². The van der Waals surface area contributed by atoms with Gasteiger partial charge in [0.15, 0.2) is 5.58 Å². The zero-order chi connectivity index (χ0) is 14.9. The Hall–Kier alpha value is -3.08. The number of hydrogen-bond donors (Lipinski definition) is 0. The predicted octanol–water partition coefficient (Wildman–Crippen LogP) is 2.83. The average Bonchev–Trinajstić information content (AvgIpc) is 3.14. The van der Waals surface area contributed by atoms with E-state index in [2.05, 4.69) is 5.10 Å². The van der Waals surface area contributed by atoms with Crippen LogP contribution in [0, 0.1) is 0 Å². The van der Waals surface area contributed by atoms with Crippen molar-refractivity contribution in [3.63, 3.8) is 0 Å². The molecule has 5 heteroatoms. The van der Waals surface area contributed by atoms with Crippen molar-refractivity contribution in [1.82, 2.24) is 14.3 Å². The van der Waals surface area contributed by atoms with Gasteiger partial charge in [-0.2, -0.15) is 5.10 Å². The van der Waals surface area contributed by atoms with Crippen LogP contribution in [0.5, 0.6) is 0 Å². The number of fused-ring (bicyclic) bond motifs is 1. The van der Waals surface area contributed by atoms with Gasteiger partial charge in [0.1, 0.15) is 0 Å². The maximum atomic E-state index is 12.0. The number of hydrogen-bond acceptors (Lipinski definition) is 3. The second-order valence-corrected chi connectivity index (χ2v) is 5.01. The molecule has 4 aromatic rings. The van der Waals surface area contributed by atoms with Crippen LogP contribution in [0.2, 0.25) is 0 Å². The highest BCUT2D eigenvalue weighted by Gasteiger charge is 2.10. The van der Waals surface area contributed by atoms with Gasteiger partial charge in [0, 0.05) is 6.20 Å². The standard InChI is InChI=1S/C17H13N3O2/c21-17-19(15-8-4-5-9-16(15)22-17)12-13-10-11-20(18-13)14-6-2-1-3-7-14/h1-11H,12H2. The second-order valence-electron chi connectivity index (χ2n) is 5.01. The maximum Gasteiger partial charge on any atom is 0.420 e. The van der Waals surface area contributed by atoms with E-state index in [1.165, 1.54) is 0 Å². The minimum absolute atomic E-state index is 0.365. The molecule has 0 amide bonds. The van der Waals surface area contributed by atoms with Crippen LogP contribution >= 0.6 is 0 Å². The molecule has 0 N–H and O–H groups in total. The molecule has 0 aliphatic heterocycles. The van der Waals surface area contributed by atoms with Crippen molar-refractivity contribution in [1.29, 1.82) is 0 Å². The third-order valence-corrected chi connectivity index (χ3v) is 3.56. The molecule has 2 aromatic carbocycles. The van der Waals surface area contributed by atoms with E-state index in [1.807, 2.05) is 60.8 Å². The first-order valence-electron chi connectivity index (χ1n) is 6.99. The lowest BCUT2D eigenvalue weighted by Crippen LogP contribution is -2.15. The van der Waals surface area contributed by atoms with Gasteiger partial charge in [0.2, 0.25) is 0 Å². The number of benzene rings is 2. The van der Waals surface area contributed by atoms with Gasteiger partial charge in [-0.1, -0.05) is 30.3 Å². The monoisotopic (exact) mass is 291 g/mol. The van der Waals surface area contributed by atoms with E-state index in [4.69, 9.17) is 4.42 Å². The molecule has 22 heavy (non-hydrogen) atoms. The molecular formula is C17H13N3O2. The Kier molecular flexibility index (Phi) is 2.89. The molecule has 0 fully saturated rings. The van der Waals surface area contributed by atoms with Gasteiger partial charge in [0.05, 0.1) is 23.4 Å². The number of para-hydroxylation sites is 3. The summed E-state index contributed by atoms with van der Waals surface area (Å²) in [6, 6.07) is 19.1. The average molecular weight is 291 g/mol. The molecule has 4 rings (SSSR count). The van der Waals surface area contributed by atoms with Gasteiger partial charge in [-0.05, 0) is 30.3 Å². The zero-order valence-corrected chi connectivity index (χ0v) is 11.7. The fourth-order valence-corrected chi connectivity index (χ4v) is 2.50. The zero-order valence-electron chi connectivity index (χ0n) is 11.7. The van der Waals surface area contributed by atoms with Crippen LogP contribution < -0.4 is 5.76 Å². The number of aromatic nitrogens is 3. The molecule has 0 aliphatic rings. The van der Waals surface area contributed by atoms with E-state index in [9.17, 15) is 4.79 Å². The van der Waals surface area contributed by atoms with Crippen LogP contribution in [0.4, 0.5) is 0 Å². The van der Waals surface area contributed by atoms with Crippen LogP contribution in [0.3, 0.4) is 0 Å². The topological polar surface area (TPSA) is 53.0 Å². The van der Waals surface area contributed by atoms with E-state index in [1.54, 1.807) is 15.3 Å². The summed E-state index contributed by atoms with van der Waals surface area (Å²) in [4.78, 5) is 12.0. The smallest absolute Gasteiger partial charge is 0.408 e. The summed E-state index contributed by atoms with van der Waals surface area (Å²) in [5.41, 5.74) is 3.16. The van der Waals surface area contributed by atoms with Crippen molar-refractivity contribution in [3.8, 4) is 5.69 Å². The van der Waals surface area contributed by atoms with Crippen molar-refractivity contribution in [2.75, 3.05) is 0 Å². The number of oxazole rings is 1. The molecular weight excluding hydrogens is 278 g/mol. The van der Waals surface area contributed by atoms with Crippen molar-refractivity contribution in [2.45, 2.75) is 6.54 Å². The van der Waals surface area contributed by atoms with E-state index in [0.29, 0.717) is 12.1 Å². The van der Waals surface area contributed by atoms with E-state index in [-0.39, 0.29) is 5.76 Å². The number of nitrogens with zero attached hydrogens (tertiary/aromatic N) is 3. The van der Waals surface area contributed by atoms with Crippen LogP contribution in [-0.4, -0.2) is 14.3 Å². The van der Waals surface area contributed by atoms with Crippen LogP contribution in [-0.2, 0) is 6.54 Å². The Morgan fingerprint density at radius 3 is 2.59 bits per heavy atom. The molecule has 0 unspecified atom stereocenters.